The summed E-state index contributed by atoms with van der Waals surface area (Å²) in [5, 5.41) is 3.20. The third kappa shape index (κ3) is 3.01. The third-order valence-electron chi connectivity index (χ3n) is 3.18. The minimum atomic E-state index is 0.486. The Bertz CT molecular complexity index is 801. The molecule has 0 bridgehead atoms. The van der Waals surface area contributed by atoms with Crippen molar-refractivity contribution >= 4 is 17.3 Å². The number of aryl methyl sites for hydroxylation is 2. The van der Waals surface area contributed by atoms with Gasteiger partial charge in [-0.15, -0.1) is 0 Å². The zero-order valence-electron chi connectivity index (χ0n) is 12.4. The summed E-state index contributed by atoms with van der Waals surface area (Å²) < 4.78 is 0. The van der Waals surface area contributed by atoms with Gasteiger partial charge >= 0.3 is 0 Å². The van der Waals surface area contributed by atoms with Crippen LogP contribution < -0.4 is 11.1 Å². The van der Waals surface area contributed by atoms with Crippen molar-refractivity contribution in [3.63, 3.8) is 0 Å². The van der Waals surface area contributed by atoms with Gasteiger partial charge in [-0.3, -0.25) is 4.98 Å². The van der Waals surface area contributed by atoms with Crippen LogP contribution in [0.1, 0.15) is 11.4 Å². The Morgan fingerprint density at radius 2 is 1.91 bits per heavy atom. The van der Waals surface area contributed by atoms with E-state index < -0.39 is 0 Å². The Morgan fingerprint density at radius 1 is 1.05 bits per heavy atom. The topological polar surface area (TPSA) is 89.6 Å². The zero-order chi connectivity index (χ0) is 15.5. The number of nitrogens with zero attached hydrogens (tertiary/aromatic N) is 4. The Morgan fingerprint density at radius 3 is 2.68 bits per heavy atom. The van der Waals surface area contributed by atoms with Crippen molar-refractivity contribution in [1.29, 1.82) is 0 Å². The lowest BCUT2D eigenvalue weighted by Gasteiger charge is -2.10. The fourth-order valence-corrected chi connectivity index (χ4v) is 2.06. The molecule has 0 atom stereocenters. The lowest BCUT2D eigenvalue weighted by Crippen LogP contribution is -2.04. The summed E-state index contributed by atoms with van der Waals surface area (Å²) in [4.78, 5) is 17.2. The number of aromatic nitrogens is 4. The number of nitrogen functional groups attached to an aromatic ring is 1. The molecule has 0 saturated carbocycles. The van der Waals surface area contributed by atoms with Crippen LogP contribution in [0.3, 0.4) is 0 Å². The van der Waals surface area contributed by atoms with Gasteiger partial charge in [0.1, 0.15) is 5.82 Å². The summed E-state index contributed by atoms with van der Waals surface area (Å²) in [7, 11) is 0. The molecule has 0 unspecified atom stereocenters. The molecule has 3 rings (SSSR count). The van der Waals surface area contributed by atoms with E-state index in [0.717, 1.165) is 16.8 Å². The first kappa shape index (κ1) is 13.9. The first-order chi connectivity index (χ1) is 10.6. The number of hydrogen-bond donors (Lipinski definition) is 2. The van der Waals surface area contributed by atoms with Crippen LogP contribution in [0.2, 0.25) is 0 Å². The van der Waals surface area contributed by atoms with Crippen LogP contribution in [0.4, 0.5) is 17.3 Å². The second kappa shape index (κ2) is 5.77. The van der Waals surface area contributed by atoms with Gasteiger partial charge in [0.25, 0.3) is 0 Å². The molecule has 0 amide bonds. The fourth-order valence-electron chi connectivity index (χ4n) is 2.06. The largest absolute Gasteiger partial charge is 0.399 e. The van der Waals surface area contributed by atoms with Gasteiger partial charge in [0, 0.05) is 29.3 Å². The van der Waals surface area contributed by atoms with Gasteiger partial charge in [0.15, 0.2) is 5.82 Å². The van der Waals surface area contributed by atoms with Crippen molar-refractivity contribution < 1.29 is 0 Å². The van der Waals surface area contributed by atoms with E-state index in [1.54, 1.807) is 12.4 Å². The van der Waals surface area contributed by atoms with E-state index in [9.17, 15) is 0 Å². The molecule has 0 aliphatic heterocycles. The molecule has 0 radical (unpaired) electrons. The van der Waals surface area contributed by atoms with E-state index in [4.69, 9.17) is 5.73 Å². The average molecular weight is 292 g/mol. The number of nitrogens with two attached hydrogens (primary N) is 1. The second-order valence-electron chi connectivity index (χ2n) is 4.97. The average Bonchev–Trinajstić information content (AvgIpc) is 2.51. The predicted octanol–water partition coefficient (Wildman–Crippen LogP) is 2.88. The Kier molecular flexibility index (Phi) is 3.65. The van der Waals surface area contributed by atoms with Gasteiger partial charge in [-0.05, 0) is 43.7 Å². The lowest BCUT2D eigenvalue weighted by atomic mass is 10.2. The molecule has 3 N–H and O–H groups in total. The Labute approximate surface area is 128 Å². The van der Waals surface area contributed by atoms with E-state index in [0.29, 0.717) is 23.3 Å². The molecular formula is C16H16N6. The minimum absolute atomic E-state index is 0.486. The molecule has 0 aliphatic rings. The highest BCUT2D eigenvalue weighted by Crippen LogP contribution is 2.22. The highest BCUT2D eigenvalue weighted by Gasteiger charge is 2.08. The van der Waals surface area contributed by atoms with E-state index >= 15 is 0 Å². The summed E-state index contributed by atoms with van der Waals surface area (Å²) in [5.41, 5.74) is 9.31. The summed E-state index contributed by atoms with van der Waals surface area (Å²) in [6, 6.07) is 9.44. The maximum Gasteiger partial charge on any atom is 0.231 e. The quantitative estimate of drug-likeness (QED) is 0.721. The summed E-state index contributed by atoms with van der Waals surface area (Å²) in [5.74, 6) is 1.71. The van der Waals surface area contributed by atoms with Crippen molar-refractivity contribution in [2.24, 2.45) is 0 Å². The Balaban J connectivity index is 1.98. The van der Waals surface area contributed by atoms with Crippen molar-refractivity contribution in [3.05, 3.63) is 54.1 Å². The summed E-state index contributed by atoms with van der Waals surface area (Å²) in [6.07, 6.45) is 3.44. The number of hydrogen-bond acceptors (Lipinski definition) is 6. The number of anilines is 3. The van der Waals surface area contributed by atoms with Crippen molar-refractivity contribution in [3.8, 4) is 11.4 Å². The fraction of sp³-hybridized carbons (Fsp3) is 0.125. The van der Waals surface area contributed by atoms with Gasteiger partial charge in [0.05, 0.1) is 0 Å². The number of pyridine rings is 1. The normalized spacial score (nSPS) is 10.5. The van der Waals surface area contributed by atoms with Crippen LogP contribution in [0.15, 0.2) is 42.7 Å². The number of nitrogens with one attached hydrogen (secondary N) is 1. The maximum atomic E-state index is 5.83. The van der Waals surface area contributed by atoms with Crippen LogP contribution in [-0.2, 0) is 0 Å². The first-order valence-corrected chi connectivity index (χ1v) is 6.88. The monoisotopic (exact) mass is 292 g/mol. The molecule has 2 aromatic heterocycles. The van der Waals surface area contributed by atoms with Crippen LogP contribution in [0, 0.1) is 13.8 Å². The van der Waals surface area contributed by atoms with E-state index in [2.05, 4.69) is 25.3 Å². The van der Waals surface area contributed by atoms with Crippen molar-refractivity contribution in [1.82, 2.24) is 19.9 Å². The molecule has 22 heavy (non-hydrogen) atoms. The predicted molar refractivity (Wildman–Crippen MR) is 86.7 cm³/mol. The molecule has 2 heterocycles. The Hall–Kier alpha value is -3.02. The van der Waals surface area contributed by atoms with Gasteiger partial charge < -0.3 is 11.1 Å². The molecule has 0 spiro atoms. The number of benzene rings is 1. The van der Waals surface area contributed by atoms with E-state index in [1.165, 1.54) is 0 Å². The van der Waals surface area contributed by atoms with Crippen LogP contribution in [-0.4, -0.2) is 19.9 Å². The zero-order valence-corrected chi connectivity index (χ0v) is 12.4. The van der Waals surface area contributed by atoms with Crippen molar-refractivity contribution in [2.45, 2.75) is 13.8 Å². The second-order valence-corrected chi connectivity index (χ2v) is 4.97. The van der Waals surface area contributed by atoms with Crippen molar-refractivity contribution in [2.75, 3.05) is 11.1 Å². The maximum absolute atomic E-state index is 5.83. The van der Waals surface area contributed by atoms with E-state index in [-0.39, 0.29) is 0 Å². The van der Waals surface area contributed by atoms with Gasteiger partial charge in [-0.1, -0.05) is 6.07 Å². The van der Waals surface area contributed by atoms with Gasteiger partial charge in [-0.25, -0.2) is 4.98 Å². The number of rotatable bonds is 3. The molecule has 6 nitrogen and oxygen atoms in total. The molecule has 110 valence electrons. The SMILES string of the molecule is Cc1nc(Nc2cc(N)ccc2C)nc(-c2cccnc2)n1. The first-order valence-electron chi connectivity index (χ1n) is 6.88. The van der Waals surface area contributed by atoms with Gasteiger partial charge in [-0.2, -0.15) is 9.97 Å². The standard InChI is InChI=1S/C16H16N6/c1-10-5-6-13(17)8-14(10)21-16-20-11(2)19-15(22-16)12-4-3-7-18-9-12/h3-9H,17H2,1-2H3,(H,19,20,21,22). The lowest BCUT2D eigenvalue weighted by molar-refractivity contribution is 0.988. The van der Waals surface area contributed by atoms with Gasteiger partial charge in [0.2, 0.25) is 5.95 Å². The highest BCUT2D eigenvalue weighted by molar-refractivity contribution is 5.65. The molecule has 0 fully saturated rings. The molecule has 3 aromatic rings. The van der Waals surface area contributed by atoms with Crippen LogP contribution in [0.25, 0.3) is 11.4 Å². The molecule has 0 saturated heterocycles. The van der Waals surface area contributed by atoms with Crippen LogP contribution >= 0.6 is 0 Å². The highest BCUT2D eigenvalue weighted by atomic mass is 15.2. The molecule has 1 aromatic carbocycles. The molecular weight excluding hydrogens is 276 g/mol. The molecule has 0 aliphatic carbocycles. The molecule has 6 heteroatoms. The van der Waals surface area contributed by atoms with Crippen LogP contribution in [0.5, 0.6) is 0 Å². The summed E-state index contributed by atoms with van der Waals surface area (Å²) in [6.45, 7) is 3.83. The smallest absolute Gasteiger partial charge is 0.231 e. The minimum Gasteiger partial charge on any atom is -0.399 e. The summed E-state index contributed by atoms with van der Waals surface area (Å²) >= 11 is 0. The van der Waals surface area contributed by atoms with E-state index in [1.807, 2.05) is 44.2 Å². The third-order valence-corrected chi connectivity index (χ3v) is 3.18.